The van der Waals surface area contributed by atoms with Crippen LogP contribution in [0.3, 0.4) is 0 Å². The molecule has 2 nitrogen and oxygen atoms in total. The fraction of sp³-hybridized carbons (Fsp3) is 0.727. The van der Waals surface area contributed by atoms with Crippen molar-refractivity contribution in [3.8, 4) is 5.75 Å². The van der Waals surface area contributed by atoms with E-state index in [0.29, 0.717) is 11.9 Å². The van der Waals surface area contributed by atoms with Crippen LogP contribution >= 0.6 is 25.4 Å². The molecular weight excluding hydrogens is 389 g/mol. The summed E-state index contributed by atoms with van der Waals surface area (Å²) in [6.07, 6.45) is 11.6. The van der Waals surface area contributed by atoms with Crippen molar-refractivity contribution in [2.45, 2.75) is 77.7 Å². The van der Waals surface area contributed by atoms with E-state index >= 15 is 0 Å². The molecule has 1 aromatic carbocycles. The van der Waals surface area contributed by atoms with Crippen LogP contribution in [0.25, 0.3) is 0 Å². The van der Waals surface area contributed by atoms with Gasteiger partial charge in [-0.05, 0) is 79.4 Å². The van der Waals surface area contributed by atoms with Crippen molar-refractivity contribution in [3.63, 3.8) is 0 Å². The standard InChI is InChI=1S/C22H37O2P3/c1-3-4-5-8-18(24-27(25)26)10-11-19-15(2)12-17-14-21-16(13-20(17)19)7-6-9-22(21)23/h6-7,9,15,17-20,23H,3-5,8,10-14,25-26H2,1-2H3/t15-,17?,18+,19+,20+/m1/s1. The lowest BCUT2D eigenvalue weighted by molar-refractivity contribution is 0.171. The Balaban J connectivity index is 1.62. The maximum Gasteiger partial charge on any atom is 0.119 e. The molecule has 5 heteroatoms. The molecule has 0 saturated heterocycles. The second-order valence-corrected chi connectivity index (χ2v) is 14.6. The van der Waals surface area contributed by atoms with Crippen molar-refractivity contribution >= 4 is 25.4 Å². The summed E-state index contributed by atoms with van der Waals surface area (Å²) in [6.45, 7) is 4.73. The van der Waals surface area contributed by atoms with E-state index in [0.717, 1.165) is 36.5 Å². The Morgan fingerprint density at radius 1 is 1.22 bits per heavy atom. The molecule has 0 heterocycles. The smallest absolute Gasteiger partial charge is 0.119 e. The van der Waals surface area contributed by atoms with E-state index in [4.69, 9.17) is 4.52 Å². The molecule has 1 aromatic rings. The third-order valence-corrected chi connectivity index (χ3v) is 8.23. The maximum absolute atomic E-state index is 10.3. The third-order valence-electron chi connectivity index (χ3n) is 6.95. The van der Waals surface area contributed by atoms with E-state index in [-0.39, 0.29) is 0 Å². The highest BCUT2D eigenvalue weighted by Gasteiger charge is 2.43. The summed E-state index contributed by atoms with van der Waals surface area (Å²) in [4.78, 5) is 0. The van der Waals surface area contributed by atoms with Crippen LogP contribution in [0.5, 0.6) is 5.75 Å². The molecule has 2 aliphatic rings. The van der Waals surface area contributed by atoms with Gasteiger partial charge in [0.2, 0.25) is 0 Å². The Morgan fingerprint density at radius 2 is 2.04 bits per heavy atom. The Kier molecular flexibility index (Phi) is 8.42. The van der Waals surface area contributed by atoms with Gasteiger partial charge in [0.1, 0.15) is 5.75 Å². The van der Waals surface area contributed by atoms with E-state index in [9.17, 15) is 5.11 Å². The number of phenols is 1. The van der Waals surface area contributed by atoms with Crippen LogP contribution in [-0.4, -0.2) is 11.2 Å². The fourth-order valence-corrected chi connectivity index (χ4v) is 7.22. The Bertz CT molecular complexity index is 607. The summed E-state index contributed by atoms with van der Waals surface area (Å²) >= 11 is 0. The SMILES string of the molecule is CCCCC[C@@H](CC[C@H]1[C@H](C)CC2Cc3c(O)cccc3C[C@@H]21)OP(P)P. The number of hydrogen-bond donors (Lipinski definition) is 1. The van der Waals surface area contributed by atoms with Gasteiger partial charge in [0.15, 0.2) is 0 Å². The molecule has 1 fully saturated rings. The van der Waals surface area contributed by atoms with Gasteiger partial charge in [0.25, 0.3) is 0 Å². The van der Waals surface area contributed by atoms with E-state index < -0.39 is 7.53 Å². The number of hydrogen-bond acceptors (Lipinski definition) is 2. The molecule has 2 aliphatic carbocycles. The quantitative estimate of drug-likeness (QED) is 0.337. The number of unbranched alkanes of at least 4 members (excludes halogenated alkanes) is 2. The maximum atomic E-state index is 10.3. The zero-order valence-corrected chi connectivity index (χ0v) is 20.1. The van der Waals surface area contributed by atoms with Crippen molar-refractivity contribution in [2.75, 3.05) is 0 Å². The largest absolute Gasteiger partial charge is 0.508 e. The first-order chi connectivity index (χ1) is 13.0. The van der Waals surface area contributed by atoms with Gasteiger partial charge in [-0.3, -0.25) is 0 Å². The molecular formula is C22H37O2P3. The van der Waals surface area contributed by atoms with Gasteiger partial charge in [0.05, 0.1) is 13.6 Å². The number of rotatable bonds is 9. The zero-order chi connectivity index (χ0) is 19.4. The minimum atomic E-state index is -0.444. The van der Waals surface area contributed by atoms with E-state index in [1.807, 2.05) is 12.1 Å². The number of aromatic hydroxyl groups is 1. The van der Waals surface area contributed by atoms with Crippen LogP contribution in [0.4, 0.5) is 0 Å². The molecule has 1 saturated carbocycles. The van der Waals surface area contributed by atoms with Gasteiger partial charge in [0, 0.05) is 0 Å². The average molecular weight is 426 g/mol. The molecule has 0 aliphatic heterocycles. The van der Waals surface area contributed by atoms with Crippen molar-refractivity contribution in [1.29, 1.82) is 0 Å². The second-order valence-electron chi connectivity index (χ2n) is 8.78. The van der Waals surface area contributed by atoms with Gasteiger partial charge >= 0.3 is 0 Å². The molecule has 3 unspecified atom stereocenters. The normalized spacial score (nSPS) is 28.2. The number of phenolic OH excluding ortho intramolecular Hbond substituents is 1. The third kappa shape index (κ3) is 5.66. The van der Waals surface area contributed by atoms with Crippen LogP contribution in [0.15, 0.2) is 18.2 Å². The van der Waals surface area contributed by atoms with Crippen molar-refractivity contribution < 1.29 is 9.63 Å². The number of fused-ring (bicyclic) bond motifs is 2. The molecule has 7 atom stereocenters. The second kappa shape index (κ2) is 10.3. The molecule has 0 bridgehead atoms. The summed E-state index contributed by atoms with van der Waals surface area (Å²) in [7, 11) is 5.21. The topological polar surface area (TPSA) is 29.5 Å². The lowest BCUT2D eigenvalue weighted by atomic mass is 9.73. The fourth-order valence-electron chi connectivity index (χ4n) is 5.64. The van der Waals surface area contributed by atoms with E-state index in [1.165, 1.54) is 56.1 Å². The highest BCUT2D eigenvalue weighted by molar-refractivity contribution is 8.41. The monoisotopic (exact) mass is 426 g/mol. The minimum absolute atomic E-state index is 0.420. The Hall–Kier alpha value is 0.270. The predicted molar refractivity (Wildman–Crippen MR) is 124 cm³/mol. The summed E-state index contributed by atoms with van der Waals surface area (Å²) in [5.41, 5.74) is 2.62. The van der Waals surface area contributed by atoms with Crippen LogP contribution < -0.4 is 0 Å². The lowest BCUT2D eigenvalue weighted by Gasteiger charge is -2.33. The first-order valence-electron chi connectivity index (χ1n) is 10.8. The first-order valence-corrected chi connectivity index (χ1v) is 15.2. The van der Waals surface area contributed by atoms with Crippen LogP contribution in [-0.2, 0) is 17.4 Å². The molecule has 27 heavy (non-hydrogen) atoms. The Labute approximate surface area is 171 Å². The van der Waals surface area contributed by atoms with Gasteiger partial charge in [-0.25, -0.2) is 0 Å². The summed E-state index contributed by atoms with van der Waals surface area (Å²) < 4.78 is 6.26. The van der Waals surface area contributed by atoms with Gasteiger partial charge < -0.3 is 9.63 Å². The summed E-state index contributed by atoms with van der Waals surface area (Å²) in [5.74, 6) is 3.66. The van der Waals surface area contributed by atoms with Crippen molar-refractivity contribution in [3.05, 3.63) is 29.3 Å². The molecule has 1 N–H and O–H groups in total. The minimum Gasteiger partial charge on any atom is -0.508 e. The van der Waals surface area contributed by atoms with Gasteiger partial charge in [-0.1, -0.05) is 63.1 Å². The lowest BCUT2D eigenvalue weighted by Crippen LogP contribution is -2.26. The first kappa shape index (κ1) is 22.0. The van der Waals surface area contributed by atoms with Crippen LogP contribution in [0.1, 0.15) is 69.9 Å². The molecule has 0 spiro atoms. The highest BCUT2D eigenvalue weighted by atomic mass is 32.4. The molecule has 0 aromatic heterocycles. The van der Waals surface area contributed by atoms with Crippen LogP contribution in [0.2, 0.25) is 0 Å². The molecule has 152 valence electrons. The summed E-state index contributed by atoms with van der Waals surface area (Å²) in [5, 5.41) is 10.3. The average Bonchev–Trinajstić information content (AvgIpc) is 2.92. The molecule has 0 radical (unpaired) electrons. The van der Waals surface area contributed by atoms with Gasteiger partial charge in [-0.15, -0.1) is 0 Å². The predicted octanol–water partition coefficient (Wildman–Crippen LogP) is 7.10. The molecule has 0 amide bonds. The Morgan fingerprint density at radius 3 is 2.78 bits per heavy atom. The number of benzene rings is 1. The van der Waals surface area contributed by atoms with E-state index in [1.54, 1.807) is 0 Å². The summed E-state index contributed by atoms with van der Waals surface area (Å²) in [6, 6.07) is 6.11. The van der Waals surface area contributed by atoms with E-state index in [2.05, 4.69) is 37.8 Å². The van der Waals surface area contributed by atoms with Crippen LogP contribution in [0, 0.1) is 23.7 Å². The van der Waals surface area contributed by atoms with Crippen molar-refractivity contribution in [1.82, 2.24) is 0 Å². The van der Waals surface area contributed by atoms with Gasteiger partial charge in [-0.2, -0.15) is 0 Å². The van der Waals surface area contributed by atoms with Crippen molar-refractivity contribution in [2.24, 2.45) is 23.7 Å². The zero-order valence-electron chi connectivity index (χ0n) is 16.9. The highest BCUT2D eigenvalue weighted by Crippen LogP contribution is 2.56. The molecule has 3 rings (SSSR count).